The van der Waals surface area contributed by atoms with E-state index < -0.39 is 42.9 Å². The number of hydrogen-bond acceptors (Lipinski definition) is 14. The molecular weight excluding hydrogens is 966 g/mol. The van der Waals surface area contributed by atoms with Gasteiger partial charge in [0.2, 0.25) is 5.82 Å². The van der Waals surface area contributed by atoms with E-state index in [-0.39, 0.29) is 39.6 Å². The number of sulfonamides is 1. The van der Waals surface area contributed by atoms with Crippen LogP contribution in [0.5, 0.6) is 11.5 Å². The molecule has 3 aliphatic carbocycles. The van der Waals surface area contributed by atoms with E-state index >= 15 is 0 Å². The van der Waals surface area contributed by atoms with Crippen molar-refractivity contribution in [1.29, 1.82) is 0 Å². The zero-order valence-corrected chi connectivity index (χ0v) is 43.7. The molecule has 74 heavy (non-hydrogen) atoms. The van der Waals surface area contributed by atoms with Gasteiger partial charge in [0.1, 0.15) is 27.9 Å². The zero-order chi connectivity index (χ0) is 51.9. The molecule has 1 atom stereocenters. The lowest BCUT2D eigenvalue weighted by atomic mass is 9.59. The molecule has 1 amide bonds. The van der Waals surface area contributed by atoms with Gasteiger partial charge in [-0.3, -0.25) is 24.7 Å². The van der Waals surface area contributed by atoms with Crippen LogP contribution in [0.3, 0.4) is 0 Å². The summed E-state index contributed by atoms with van der Waals surface area (Å²) in [5.41, 5.74) is 2.74. The molecule has 2 saturated heterocycles. The number of benzene rings is 2. The summed E-state index contributed by atoms with van der Waals surface area (Å²) in [6.45, 7) is 11.4. The average molecular weight is 1040 g/mol. The average Bonchev–Trinajstić information content (AvgIpc) is 3.76. The number of piperidine rings is 1. The van der Waals surface area contributed by atoms with Gasteiger partial charge in [-0.2, -0.15) is 0 Å². The van der Waals surface area contributed by atoms with Crippen LogP contribution in [0.2, 0.25) is 0 Å². The lowest BCUT2D eigenvalue weighted by Crippen LogP contribution is -2.61. The fraction of sp³-hybridized carbons (Fsp3) is 0.545. The van der Waals surface area contributed by atoms with E-state index in [2.05, 4.69) is 77.8 Å². The Morgan fingerprint density at radius 3 is 2.42 bits per heavy atom. The number of rotatable bonds is 15. The quantitative estimate of drug-likeness (QED) is 0.0569. The molecule has 396 valence electrons. The van der Waals surface area contributed by atoms with Crippen molar-refractivity contribution in [3.8, 4) is 11.5 Å². The van der Waals surface area contributed by atoms with Crippen LogP contribution in [0.25, 0.3) is 11.0 Å². The second-order valence-corrected chi connectivity index (χ2v) is 24.0. The van der Waals surface area contributed by atoms with Gasteiger partial charge in [-0.05, 0) is 131 Å². The van der Waals surface area contributed by atoms with Crippen LogP contribution < -0.4 is 19.7 Å². The Labute approximate surface area is 432 Å². The summed E-state index contributed by atoms with van der Waals surface area (Å²) in [6, 6.07) is 17.7. The summed E-state index contributed by atoms with van der Waals surface area (Å²) in [7, 11) is -2.86. The number of amides is 1. The number of aromatic nitrogens is 3. The highest BCUT2D eigenvalue weighted by atomic mass is 32.2. The third-order valence-corrected chi connectivity index (χ3v) is 18.4. The van der Waals surface area contributed by atoms with E-state index in [4.69, 9.17) is 9.47 Å². The predicted octanol–water partition coefficient (Wildman–Crippen LogP) is 9.46. The third kappa shape index (κ3) is 11.0. The van der Waals surface area contributed by atoms with Crippen LogP contribution in [0.15, 0.2) is 78.1 Å². The van der Waals surface area contributed by atoms with E-state index in [1.807, 2.05) is 7.11 Å². The van der Waals surface area contributed by atoms with Crippen LogP contribution in [-0.4, -0.2) is 119 Å². The van der Waals surface area contributed by atoms with Crippen molar-refractivity contribution in [2.45, 2.75) is 138 Å². The SMILES string of the molecule is COC1CCC(N2CCN(C3CC4(CCN(c5ccc(C(=O)NS(=O)(=O)c6cnc(NCC7CCC(C)(O)CC7)c([N+](=O)[O-])c6)c(Oc6cnc7[nH]cc(F)c7c6)c5)CC4)C3)[C@H](c3ccccc3C(C)C)C2)CC1. The lowest BCUT2D eigenvalue weighted by Gasteiger charge is -2.59. The first-order valence-corrected chi connectivity index (χ1v) is 27.9. The first kappa shape index (κ1) is 51.7. The molecule has 1 spiro atoms. The summed E-state index contributed by atoms with van der Waals surface area (Å²) in [4.78, 5) is 44.0. The number of hydrogen-bond donors (Lipinski definition) is 4. The monoisotopic (exact) mass is 1040 g/mol. The molecule has 2 aromatic carbocycles. The summed E-state index contributed by atoms with van der Waals surface area (Å²) >= 11 is 0. The second-order valence-electron chi connectivity index (χ2n) is 22.3. The molecule has 5 fully saturated rings. The highest BCUT2D eigenvalue weighted by molar-refractivity contribution is 7.90. The second kappa shape index (κ2) is 21.1. The van der Waals surface area contributed by atoms with Gasteiger partial charge in [0.25, 0.3) is 15.9 Å². The summed E-state index contributed by atoms with van der Waals surface area (Å²) in [5, 5.41) is 25.7. The van der Waals surface area contributed by atoms with Crippen molar-refractivity contribution in [3.05, 3.63) is 106 Å². The van der Waals surface area contributed by atoms with Gasteiger partial charge < -0.3 is 29.8 Å². The minimum Gasteiger partial charge on any atom is -0.455 e. The standard InChI is InChI=1S/C55H70FN9O8S/c1-35(2)43-7-5-6-8-44(43)49-34-63(37-9-12-40(72-4)13-10-37)23-24-64(49)39-28-55(29-39)19-21-62(22-20-55)38-11-14-45(50(25-38)73-41-26-46-47(56)33-60-51(46)58-31-41)53(66)61-74(70,71)42-27-48(65(68)69)52(59-32-42)57-30-36-15-17-54(3,67)18-16-36/h5-8,11,14,25-27,31-33,35-37,39-40,49,67H,9-10,12-13,15-24,28-30,34H2,1-4H3,(H,57,59)(H,58,60)(H,61,66)/t36?,37?,40?,49-,54?/m0/s1. The largest absolute Gasteiger partial charge is 0.455 e. The molecule has 19 heteroatoms. The Kier molecular flexibility index (Phi) is 14.8. The number of nitrogens with one attached hydrogen (secondary N) is 3. The highest BCUT2D eigenvalue weighted by Gasteiger charge is 2.50. The Morgan fingerprint density at radius 2 is 1.70 bits per heavy atom. The molecular formula is C55H70FN9O8S. The first-order valence-electron chi connectivity index (χ1n) is 26.5. The molecule has 0 unspecified atom stereocenters. The van der Waals surface area contributed by atoms with Gasteiger partial charge in [-0.15, -0.1) is 0 Å². The number of nitro groups is 1. The van der Waals surface area contributed by atoms with E-state index in [0.717, 1.165) is 102 Å². The molecule has 0 bridgehead atoms. The normalized spacial score (nSPS) is 25.0. The number of ether oxygens (including phenoxy) is 2. The van der Waals surface area contributed by atoms with Crippen LogP contribution in [-0.2, 0) is 14.8 Å². The van der Waals surface area contributed by atoms with Gasteiger partial charge >= 0.3 is 5.69 Å². The van der Waals surface area contributed by atoms with Gasteiger partial charge in [0, 0.05) is 88.5 Å². The molecule has 17 nitrogen and oxygen atoms in total. The molecule has 5 aliphatic rings. The number of H-pyrrole nitrogens is 1. The number of aromatic amines is 1. The Morgan fingerprint density at radius 1 is 0.959 bits per heavy atom. The van der Waals surface area contributed by atoms with Crippen LogP contribution >= 0.6 is 0 Å². The maximum atomic E-state index is 14.7. The van der Waals surface area contributed by atoms with Crippen molar-refractivity contribution >= 4 is 44.2 Å². The fourth-order valence-corrected chi connectivity index (χ4v) is 13.6. The summed E-state index contributed by atoms with van der Waals surface area (Å²) < 4.78 is 56.4. The minimum absolute atomic E-state index is 0.0165. The Hall–Kier alpha value is -5.73. The van der Waals surface area contributed by atoms with Crippen LogP contribution in [0.4, 0.5) is 21.6 Å². The molecule has 5 aromatic rings. The first-order chi connectivity index (χ1) is 35.5. The van der Waals surface area contributed by atoms with Gasteiger partial charge in [-0.25, -0.2) is 27.5 Å². The number of fused-ring (bicyclic) bond motifs is 1. The molecule has 4 N–H and O–H groups in total. The number of pyridine rings is 2. The third-order valence-electron chi connectivity index (χ3n) is 17.1. The number of anilines is 2. The van der Waals surface area contributed by atoms with Crippen molar-refractivity contribution < 1.29 is 37.1 Å². The predicted molar refractivity (Wildman–Crippen MR) is 281 cm³/mol. The van der Waals surface area contributed by atoms with E-state index in [0.29, 0.717) is 55.2 Å². The lowest BCUT2D eigenvalue weighted by molar-refractivity contribution is -0.384. The molecule has 10 rings (SSSR count). The zero-order valence-electron chi connectivity index (χ0n) is 42.9. The number of carbonyl (C=O) groups is 1. The van der Waals surface area contributed by atoms with Crippen LogP contribution in [0.1, 0.15) is 131 Å². The number of carbonyl (C=O) groups excluding carboxylic acids is 1. The van der Waals surface area contributed by atoms with E-state index in [1.165, 1.54) is 48.5 Å². The Bertz CT molecular complexity index is 2950. The van der Waals surface area contributed by atoms with E-state index in [9.17, 15) is 32.8 Å². The van der Waals surface area contributed by atoms with Gasteiger partial charge in [-0.1, -0.05) is 38.1 Å². The van der Waals surface area contributed by atoms with Crippen molar-refractivity contribution in [3.63, 3.8) is 0 Å². The fourth-order valence-electron chi connectivity index (χ4n) is 12.6. The molecule has 3 saturated carbocycles. The summed E-state index contributed by atoms with van der Waals surface area (Å²) in [6.07, 6.45) is 15.4. The van der Waals surface area contributed by atoms with Crippen molar-refractivity contribution in [2.75, 3.05) is 56.6 Å². The number of aliphatic hydroxyl groups is 1. The minimum atomic E-state index is -4.70. The van der Waals surface area contributed by atoms with Gasteiger partial charge in [0.05, 0.1) is 40.0 Å². The molecule has 3 aromatic heterocycles. The van der Waals surface area contributed by atoms with Gasteiger partial charge in [0.15, 0.2) is 0 Å². The van der Waals surface area contributed by atoms with Crippen molar-refractivity contribution in [1.82, 2.24) is 29.5 Å². The summed E-state index contributed by atoms with van der Waals surface area (Å²) in [5.74, 6) is -0.974. The van der Waals surface area contributed by atoms with Crippen molar-refractivity contribution in [2.24, 2.45) is 11.3 Å². The topological polar surface area (TPSA) is 208 Å². The Balaban J connectivity index is 0.837. The highest BCUT2D eigenvalue weighted by Crippen LogP contribution is 2.54. The molecule has 2 aliphatic heterocycles. The molecule has 0 radical (unpaired) electrons. The maximum absolute atomic E-state index is 14.7. The maximum Gasteiger partial charge on any atom is 0.312 e. The van der Waals surface area contributed by atoms with E-state index in [1.54, 1.807) is 19.1 Å². The number of methoxy groups -OCH3 is 1. The molecule has 5 heterocycles. The smallest absolute Gasteiger partial charge is 0.312 e. The number of piperazine rings is 1. The number of nitrogens with zero attached hydrogens (tertiary/aromatic N) is 6. The number of halogens is 1. The van der Waals surface area contributed by atoms with Crippen LogP contribution in [0, 0.1) is 27.3 Å².